The van der Waals surface area contributed by atoms with Gasteiger partial charge in [-0.05, 0) is 85.0 Å². The second kappa shape index (κ2) is 9.95. The van der Waals surface area contributed by atoms with Crippen molar-refractivity contribution < 1.29 is 18.0 Å². The molecule has 0 saturated carbocycles. The van der Waals surface area contributed by atoms with E-state index in [1.54, 1.807) is 42.5 Å². The third-order valence-corrected chi connectivity index (χ3v) is 8.70. The van der Waals surface area contributed by atoms with Crippen LogP contribution >= 0.6 is 11.6 Å². The van der Waals surface area contributed by atoms with Crippen molar-refractivity contribution in [2.24, 2.45) is 0 Å². The summed E-state index contributed by atoms with van der Waals surface area (Å²) in [6.07, 6.45) is 3.00. The number of nitrogens with one attached hydrogen (secondary N) is 1. The lowest BCUT2D eigenvalue weighted by Gasteiger charge is -2.19. The standard InChI is InChI=1S/C27H26ClN3O4S/c28-22-6-10-24(11-7-22)36(34,35)31-16-13-20-18-21(5-12-25(20)31)27(33)29-23-8-3-19(4-9-23)17-26(32)30-14-1-2-15-30/h3-12,18H,1-2,13-17H2,(H,29,33). The number of halogens is 1. The first-order chi connectivity index (χ1) is 17.3. The summed E-state index contributed by atoms with van der Waals surface area (Å²) < 4.78 is 27.6. The van der Waals surface area contributed by atoms with Gasteiger partial charge in [0.1, 0.15) is 0 Å². The molecule has 36 heavy (non-hydrogen) atoms. The summed E-state index contributed by atoms with van der Waals surface area (Å²) in [6.45, 7) is 1.97. The van der Waals surface area contributed by atoms with Gasteiger partial charge in [0, 0.05) is 35.9 Å². The van der Waals surface area contributed by atoms with Crippen LogP contribution < -0.4 is 9.62 Å². The molecule has 0 aromatic heterocycles. The number of nitrogens with zero attached hydrogens (tertiary/aromatic N) is 2. The van der Waals surface area contributed by atoms with Crippen molar-refractivity contribution in [1.82, 2.24) is 4.90 Å². The molecule has 9 heteroatoms. The van der Waals surface area contributed by atoms with Gasteiger partial charge < -0.3 is 10.2 Å². The third kappa shape index (κ3) is 4.96. The predicted molar refractivity (Wildman–Crippen MR) is 140 cm³/mol. The monoisotopic (exact) mass is 523 g/mol. The Bertz CT molecular complexity index is 1400. The molecule has 0 bridgehead atoms. The first kappa shape index (κ1) is 24.3. The van der Waals surface area contributed by atoms with Gasteiger partial charge in [0.2, 0.25) is 5.91 Å². The Hall–Kier alpha value is -3.36. The number of likely N-dealkylation sites (tertiary alicyclic amines) is 1. The molecule has 1 fully saturated rings. The Kier molecular flexibility index (Phi) is 6.73. The van der Waals surface area contributed by atoms with E-state index in [2.05, 4.69) is 5.32 Å². The van der Waals surface area contributed by atoms with Gasteiger partial charge in [-0.3, -0.25) is 13.9 Å². The Morgan fingerprint density at radius 1 is 0.889 bits per heavy atom. The number of carbonyl (C=O) groups is 2. The van der Waals surface area contributed by atoms with Gasteiger partial charge in [-0.2, -0.15) is 0 Å². The topological polar surface area (TPSA) is 86.8 Å². The molecule has 7 nitrogen and oxygen atoms in total. The fourth-order valence-electron chi connectivity index (χ4n) is 4.66. The summed E-state index contributed by atoms with van der Waals surface area (Å²) in [4.78, 5) is 27.3. The summed E-state index contributed by atoms with van der Waals surface area (Å²) in [5, 5.41) is 3.35. The smallest absolute Gasteiger partial charge is 0.264 e. The molecule has 0 atom stereocenters. The number of rotatable bonds is 6. The van der Waals surface area contributed by atoms with Gasteiger partial charge in [-0.25, -0.2) is 8.42 Å². The molecule has 0 spiro atoms. The van der Waals surface area contributed by atoms with Crippen molar-refractivity contribution in [1.29, 1.82) is 0 Å². The van der Waals surface area contributed by atoms with Gasteiger partial charge in [0.05, 0.1) is 17.0 Å². The molecule has 2 amide bonds. The van der Waals surface area contributed by atoms with Crippen LogP contribution in [0.15, 0.2) is 71.6 Å². The Balaban J connectivity index is 1.25. The predicted octanol–water partition coefficient (Wildman–Crippen LogP) is 4.51. The molecule has 3 aromatic rings. The lowest BCUT2D eigenvalue weighted by Crippen LogP contribution is -2.29. The normalized spacial score (nSPS) is 15.1. The number of hydrogen-bond acceptors (Lipinski definition) is 4. The molecule has 2 aliphatic heterocycles. The lowest BCUT2D eigenvalue weighted by molar-refractivity contribution is -0.129. The van der Waals surface area contributed by atoms with E-state index < -0.39 is 10.0 Å². The Morgan fingerprint density at radius 2 is 1.58 bits per heavy atom. The number of carbonyl (C=O) groups excluding carboxylic acids is 2. The average Bonchev–Trinajstić information content (AvgIpc) is 3.56. The van der Waals surface area contributed by atoms with Crippen LogP contribution in [0.2, 0.25) is 5.02 Å². The second-order valence-electron chi connectivity index (χ2n) is 9.04. The van der Waals surface area contributed by atoms with Crippen LogP contribution in [-0.2, 0) is 27.7 Å². The average molecular weight is 524 g/mol. The van der Waals surface area contributed by atoms with E-state index in [0.717, 1.165) is 37.1 Å². The quantitative estimate of drug-likeness (QED) is 0.515. The summed E-state index contributed by atoms with van der Waals surface area (Å²) in [7, 11) is -3.72. The number of fused-ring (bicyclic) bond motifs is 1. The van der Waals surface area contributed by atoms with Crippen LogP contribution in [0.25, 0.3) is 0 Å². The zero-order valence-electron chi connectivity index (χ0n) is 19.6. The minimum atomic E-state index is -3.72. The molecule has 2 aliphatic rings. The molecular formula is C27H26ClN3O4S. The minimum Gasteiger partial charge on any atom is -0.342 e. The maximum atomic E-state index is 13.1. The van der Waals surface area contributed by atoms with Crippen molar-refractivity contribution in [2.45, 2.75) is 30.6 Å². The third-order valence-electron chi connectivity index (χ3n) is 6.62. The maximum Gasteiger partial charge on any atom is 0.264 e. The van der Waals surface area contributed by atoms with Crippen molar-refractivity contribution in [3.63, 3.8) is 0 Å². The molecule has 2 heterocycles. The first-order valence-electron chi connectivity index (χ1n) is 11.9. The highest BCUT2D eigenvalue weighted by Crippen LogP contribution is 2.34. The number of anilines is 2. The molecule has 0 aliphatic carbocycles. The van der Waals surface area contributed by atoms with Crippen LogP contribution in [0, 0.1) is 0 Å². The Labute approximate surface area is 215 Å². The number of hydrogen-bond donors (Lipinski definition) is 1. The molecule has 186 valence electrons. The van der Waals surface area contributed by atoms with E-state index >= 15 is 0 Å². The zero-order chi connectivity index (χ0) is 25.3. The molecule has 1 N–H and O–H groups in total. The van der Waals surface area contributed by atoms with Crippen molar-refractivity contribution in [2.75, 3.05) is 29.3 Å². The zero-order valence-corrected chi connectivity index (χ0v) is 21.2. The summed E-state index contributed by atoms with van der Waals surface area (Å²) in [5.41, 5.74) is 3.37. The highest BCUT2D eigenvalue weighted by atomic mass is 35.5. The molecule has 1 saturated heterocycles. The molecule has 0 unspecified atom stereocenters. The summed E-state index contributed by atoms with van der Waals surface area (Å²) in [5.74, 6) is -0.146. The van der Waals surface area contributed by atoms with Crippen molar-refractivity contribution >= 4 is 44.8 Å². The van der Waals surface area contributed by atoms with Gasteiger partial charge >= 0.3 is 0 Å². The number of amides is 2. The van der Waals surface area contributed by atoms with Crippen LogP contribution in [0.4, 0.5) is 11.4 Å². The molecule has 5 rings (SSSR count). The highest BCUT2D eigenvalue weighted by molar-refractivity contribution is 7.92. The van der Waals surface area contributed by atoms with Gasteiger partial charge in [-0.1, -0.05) is 23.7 Å². The van der Waals surface area contributed by atoms with Gasteiger partial charge in [0.15, 0.2) is 0 Å². The minimum absolute atomic E-state index is 0.134. The summed E-state index contributed by atoms with van der Waals surface area (Å²) in [6, 6.07) is 18.4. The van der Waals surface area contributed by atoms with Gasteiger partial charge in [-0.15, -0.1) is 0 Å². The Morgan fingerprint density at radius 3 is 2.28 bits per heavy atom. The van der Waals surface area contributed by atoms with Crippen LogP contribution in [-0.4, -0.2) is 44.8 Å². The maximum absolute atomic E-state index is 13.1. The molecule has 3 aromatic carbocycles. The molecular weight excluding hydrogens is 498 g/mol. The van der Waals surface area contributed by atoms with E-state index in [9.17, 15) is 18.0 Å². The molecule has 0 radical (unpaired) electrons. The first-order valence-corrected chi connectivity index (χ1v) is 13.7. The van der Waals surface area contributed by atoms with Crippen molar-refractivity contribution in [3.05, 3.63) is 88.4 Å². The number of sulfonamides is 1. The van der Waals surface area contributed by atoms with E-state index in [0.29, 0.717) is 41.3 Å². The SMILES string of the molecule is O=C(Nc1ccc(CC(=O)N2CCCC2)cc1)c1ccc2c(c1)CCN2S(=O)(=O)c1ccc(Cl)cc1. The van der Waals surface area contributed by atoms with E-state index in [1.165, 1.54) is 16.4 Å². The van der Waals surface area contributed by atoms with E-state index in [1.807, 2.05) is 17.0 Å². The number of benzene rings is 3. The van der Waals surface area contributed by atoms with Crippen LogP contribution in [0.3, 0.4) is 0 Å². The van der Waals surface area contributed by atoms with Gasteiger partial charge in [0.25, 0.3) is 15.9 Å². The van der Waals surface area contributed by atoms with Crippen molar-refractivity contribution in [3.8, 4) is 0 Å². The fraction of sp³-hybridized carbons (Fsp3) is 0.259. The van der Waals surface area contributed by atoms with E-state index in [4.69, 9.17) is 11.6 Å². The largest absolute Gasteiger partial charge is 0.342 e. The fourth-order valence-corrected chi connectivity index (χ4v) is 6.29. The lowest BCUT2D eigenvalue weighted by atomic mass is 10.1. The van der Waals surface area contributed by atoms with Crippen LogP contribution in [0.1, 0.15) is 34.3 Å². The van der Waals surface area contributed by atoms with E-state index in [-0.39, 0.29) is 16.7 Å². The van der Waals surface area contributed by atoms with Crippen LogP contribution in [0.5, 0.6) is 0 Å². The highest BCUT2D eigenvalue weighted by Gasteiger charge is 2.31. The second-order valence-corrected chi connectivity index (χ2v) is 11.3. The summed E-state index contributed by atoms with van der Waals surface area (Å²) >= 11 is 5.90.